The van der Waals surface area contributed by atoms with Crippen molar-refractivity contribution < 1.29 is 0 Å². The monoisotopic (exact) mass is 757 g/mol. The molecule has 3 aliphatic heterocycles. The minimum Gasteiger partial charge on any atom is -0.304 e. The average Bonchev–Trinajstić information content (AvgIpc) is 3.89. The van der Waals surface area contributed by atoms with Gasteiger partial charge < -0.3 is 4.90 Å². The standard InChI is InChI=1S/C42H19N3S6/c1-2-8-21-14-30-24(13-20(21)7-1)25-19-35-38-40(39(25)48-30)49-34-18-23(42-44-27-10-4-6-12-29(27)51-42)17-33-37(34)45(38)36-31(46-33)15-22(16-32(36)47-35)41-43-26-9-3-5-11-28(26)50-41/h1-19H. The molecular formula is C42H19N3S6. The average molecular weight is 758 g/mol. The minimum atomic E-state index is 1.06. The van der Waals surface area contributed by atoms with Gasteiger partial charge in [0.25, 0.3) is 0 Å². The lowest BCUT2D eigenvalue weighted by Gasteiger charge is -2.43. The normalized spacial score (nSPS) is 14.0. The van der Waals surface area contributed by atoms with Crippen LogP contribution in [0.3, 0.4) is 0 Å². The van der Waals surface area contributed by atoms with Crippen molar-refractivity contribution in [2.75, 3.05) is 4.90 Å². The number of para-hydroxylation sites is 2. The number of benzene rings is 7. The Morgan fingerprint density at radius 3 is 1.57 bits per heavy atom. The molecule has 0 amide bonds. The van der Waals surface area contributed by atoms with Crippen LogP contribution in [0.2, 0.25) is 0 Å². The van der Waals surface area contributed by atoms with Crippen molar-refractivity contribution in [2.24, 2.45) is 0 Å². The molecule has 9 heteroatoms. The Morgan fingerprint density at radius 2 is 0.961 bits per heavy atom. The first-order valence-corrected chi connectivity index (χ1v) is 21.4. The highest BCUT2D eigenvalue weighted by atomic mass is 32.2. The largest absolute Gasteiger partial charge is 0.304 e. The number of hydrogen-bond donors (Lipinski definition) is 0. The summed E-state index contributed by atoms with van der Waals surface area (Å²) < 4.78 is 5.15. The smallest absolute Gasteiger partial charge is 0.124 e. The van der Waals surface area contributed by atoms with Gasteiger partial charge in [-0.2, -0.15) is 0 Å². The number of aromatic nitrogens is 2. The van der Waals surface area contributed by atoms with Crippen molar-refractivity contribution >= 4 is 138 Å². The van der Waals surface area contributed by atoms with Gasteiger partial charge in [-0.25, -0.2) is 9.97 Å². The van der Waals surface area contributed by atoms with E-state index in [9.17, 15) is 0 Å². The summed E-state index contributed by atoms with van der Waals surface area (Å²) in [5, 5.41) is 7.40. The first kappa shape index (κ1) is 28.3. The molecule has 0 atom stereocenters. The number of thiazole rings is 2. The van der Waals surface area contributed by atoms with E-state index in [1.807, 2.05) is 46.6 Å². The molecule has 0 aliphatic carbocycles. The summed E-state index contributed by atoms with van der Waals surface area (Å²) in [6.45, 7) is 0. The van der Waals surface area contributed by atoms with E-state index in [1.165, 1.54) is 97.9 Å². The molecule has 3 aliphatic rings. The van der Waals surface area contributed by atoms with Crippen molar-refractivity contribution in [3.8, 4) is 21.1 Å². The van der Waals surface area contributed by atoms with Gasteiger partial charge in [0, 0.05) is 51.1 Å². The van der Waals surface area contributed by atoms with E-state index in [1.54, 1.807) is 22.7 Å². The second-order valence-electron chi connectivity index (χ2n) is 13.0. The Balaban J connectivity index is 1.10. The highest BCUT2D eigenvalue weighted by Crippen LogP contribution is 2.69. The lowest BCUT2D eigenvalue weighted by molar-refractivity contribution is 1.03. The summed E-state index contributed by atoms with van der Waals surface area (Å²) in [4.78, 5) is 20.6. The second-order valence-corrected chi connectivity index (χ2v) is 19.3. The van der Waals surface area contributed by atoms with E-state index in [0.29, 0.717) is 0 Å². The van der Waals surface area contributed by atoms with Gasteiger partial charge in [-0.3, -0.25) is 0 Å². The fourth-order valence-corrected chi connectivity index (χ4v) is 14.9. The molecule has 0 N–H and O–H groups in total. The van der Waals surface area contributed by atoms with Crippen LogP contribution in [0.4, 0.5) is 17.1 Å². The summed E-state index contributed by atoms with van der Waals surface area (Å²) in [5.74, 6) is 0. The van der Waals surface area contributed by atoms with Crippen LogP contribution in [-0.4, -0.2) is 9.97 Å². The quantitative estimate of drug-likeness (QED) is 0.174. The number of anilines is 3. The molecule has 0 saturated carbocycles. The van der Waals surface area contributed by atoms with Gasteiger partial charge in [-0.05, 0) is 77.5 Å². The number of rotatable bonds is 2. The molecule has 13 rings (SSSR count). The van der Waals surface area contributed by atoms with Crippen LogP contribution >= 0.6 is 69.3 Å². The van der Waals surface area contributed by atoms with E-state index in [2.05, 4.69) is 120 Å². The van der Waals surface area contributed by atoms with Crippen LogP contribution in [0.15, 0.2) is 145 Å². The molecule has 7 aromatic carbocycles. The summed E-state index contributed by atoms with van der Waals surface area (Å²) in [5.41, 5.74) is 8.41. The lowest BCUT2D eigenvalue weighted by Crippen LogP contribution is -2.22. The SMILES string of the molecule is c1ccc2cc3c(cc2c1)sc1c2c4c(cc13)Sc1cc(-c3nc5ccccc5s3)cc3c1N4c1c(cc(-c4nc5ccccc5s4)cc1S2)S3. The molecule has 10 aromatic rings. The Labute approximate surface area is 316 Å². The highest BCUT2D eigenvalue weighted by molar-refractivity contribution is 8.02. The zero-order valence-corrected chi connectivity index (χ0v) is 31.2. The van der Waals surface area contributed by atoms with Crippen molar-refractivity contribution in [1.29, 1.82) is 0 Å². The lowest BCUT2D eigenvalue weighted by atomic mass is 10.0. The van der Waals surface area contributed by atoms with Crippen molar-refractivity contribution in [1.82, 2.24) is 9.97 Å². The molecule has 0 saturated heterocycles. The van der Waals surface area contributed by atoms with Crippen LogP contribution in [0.1, 0.15) is 0 Å². The van der Waals surface area contributed by atoms with Crippen LogP contribution in [-0.2, 0) is 0 Å². The Kier molecular flexibility index (Phi) is 5.63. The number of nitrogens with zero attached hydrogens (tertiary/aromatic N) is 3. The highest BCUT2D eigenvalue weighted by Gasteiger charge is 2.41. The number of hydrogen-bond acceptors (Lipinski definition) is 9. The predicted molar refractivity (Wildman–Crippen MR) is 221 cm³/mol. The van der Waals surface area contributed by atoms with Crippen LogP contribution in [0.5, 0.6) is 0 Å². The third kappa shape index (κ3) is 3.94. The summed E-state index contributed by atoms with van der Waals surface area (Å²) in [7, 11) is 0. The van der Waals surface area contributed by atoms with Gasteiger partial charge in [0.15, 0.2) is 0 Å². The molecule has 3 nitrogen and oxygen atoms in total. The third-order valence-corrected chi connectivity index (χ3v) is 16.8. The van der Waals surface area contributed by atoms with E-state index >= 15 is 0 Å². The second kappa shape index (κ2) is 10.2. The topological polar surface area (TPSA) is 29.0 Å². The van der Waals surface area contributed by atoms with Gasteiger partial charge in [0.05, 0.1) is 47.1 Å². The van der Waals surface area contributed by atoms with Crippen molar-refractivity contribution in [3.63, 3.8) is 0 Å². The van der Waals surface area contributed by atoms with Gasteiger partial charge in [0.2, 0.25) is 0 Å². The molecule has 3 aromatic heterocycles. The molecular weight excluding hydrogens is 739 g/mol. The van der Waals surface area contributed by atoms with Gasteiger partial charge >= 0.3 is 0 Å². The molecule has 0 spiro atoms. The Hall–Kier alpha value is -4.35. The molecule has 0 radical (unpaired) electrons. The van der Waals surface area contributed by atoms with E-state index in [0.717, 1.165) is 21.0 Å². The van der Waals surface area contributed by atoms with Gasteiger partial charge in [-0.15, -0.1) is 34.0 Å². The molecule has 0 fully saturated rings. The van der Waals surface area contributed by atoms with E-state index in [4.69, 9.17) is 9.97 Å². The molecule has 0 bridgehead atoms. The Bertz CT molecular complexity index is 3120. The molecule has 0 unspecified atom stereocenters. The van der Waals surface area contributed by atoms with Crippen LogP contribution in [0.25, 0.3) is 72.5 Å². The molecule has 238 valence electrons. The number of fused-ring (bicyclic) bond motifs is 7. The molecule has 6 heterocycles. The minimum absolute atomic E-state index is 1.06. The Morgan fingerprint density at radius 1 is 0.431 bits per heavy atom. The van der Waals surface area contributed by atoms with Gasteiger partial charge in [-0.1, -0.05) is 83.8 Å². The van der Waals surface area contributed by atoms with Crippen molar-refractivity contribution in [2.45, 2.75) is 29.4 Å². The van der Waals surface area contributed by atoms with Gasteiger partial charge in [0.1, 0.15) is 10.0 Å². The fraction of sp³-hybridized carbons (Fsp3) is 0. The first-order chi connectivity index (χ1) is 25.2. The summed E-state index contributed by atoms with van der Waals surface area (Å²) in [6.07, 6.45) is 0. The number of thiophene rings is 1. The van der Waals surface area contributed by atoms with E-state index in [-0.39, 0.29) is 0 Å². The van der Waals surface area contributed by atoms with Crippen molar-refractivity contribution in [3.05, 3.63) is 115 Å². The maximum absolute atomic E-state index is 5.11. The maximum atomic E-state index is 5.11. The zero-order valence-electron chi connectivity index (χ0n) is 26.3. The maximum Gasteiger partial charge on any atom is 0.124 e. The van der Waals surface area contributed by atoms with Crippen LogP contribution in [0, 0.1) is 0 Å². The summed E-state index contributed by atoms with van der Waals surface area (Å²) >= 11 is 11.3. The van der Waals surface area contributed by atoms with E-state index < -0.39 is 0 Å². The zero-order chi connectivity index (χ0) is 32.9. The summed E-state index contributed by atoms with van der Waals surface area (Å²) in [6, 6.07) is 42.5. The van der Waals surface area contributed by atoms with Crippen LogP contribution < -0.4 is 4.90 Å². The third-order valence-electron chi connectivity index (χ3n) is 10.0. The first-order valence-electron chi connectivity index (χ1n) is 16.5. The molecule has 51 heavy (non-hydrogen) atoms. The predicted octanol–water partition coefficient (Wildman–Crippen LogP) is 14.6. The fourth-order valence-electron chi connectivity index (χ4n) is 7.75.